The van der Waals surface area contributed by atoms with E-state index in [1.807, 2.05) is 65.7 Å². The molecule has 4 heterocycles. The number of aldehydes is 1. The Balaban J connectivity index is 1.04. The summed E-state index contributed by atoms with van der Waals surface area (Å²) in [7, 11) is 3.87. The molecule has 0 bridgehead atoms. The van der Waals surface area contributed by atoms with Gasteiger partial charge in [-0.15, -0.1) is 11.3 Å². The van der Waals surface area contributed by atoms with E-state index >= 15 is 0 Å². The molecule has 1 aliphatic carbocycles. The highest BCUT2D eigenvalue weighted by molar-refractivity contribution is 7.15. The third-order valence-corrected chi connectivity index (χ3v) is 12.5. The summed E-state index contributed by atoms with van der Waals surface area (Å²) in [4.78, 5) is 54.9. The maximum Gasteiger partial charge on any atom is 0.291 e. The first-order valence-corrected chi connectivity index (χ1v) is 19.2. The van der Waals surface area contributed by atoms with Crippen LogP contribution in [0.25, 0.3) is 21.7 Å². The highest BCUT2D eigenvalue weighted by Gasteiger charge is 2.30. The van der Waals surface area contributed by atoms with Crippen LogP contribution in [-0.2, 0) is 42.7 Å². The van der Waals surface area contributed by atoms with Gasteiger partial charge < -0.3 is 19.6 Å². The number of aromatic nitrogens is 3. The number of halogens is 1. The summed E-state index contributed by atoms with van der Waals surface area (Å²) in [6.07, 6.45) is 6.13. The van der Waals surface area contributed by atoms with Crippen molar-refractivity contribution in [3.05, 3.63) is 74.8 Å². The predicted octanol–water partition coefficient (Wildman–Crippen LogP) is 6.58. The Morgan fingerprint density at radius 2 is 1.76 bits per heavy atom. The third kappa shape index (κ3) is 7.26. The van der Waals surface area contributed by atoms with Gasteiger partial charge in [-0.1, -0.05) is 48.9 Å². The zero-order valence-electron chi connectivity index (χ0n) is 29.9. The molecule has 51 heavy (non-hydrogen) atoms. The highest BCUT2D eigenvalue weighted by atomic mass is 35.5. The van der Waals surface area contributed by atoms with E-state index in [2.05, 4.69) is 23.2 Å². The molecule has 2 aromatic carbocycles. The Morgan fingerprint density at radius 3 is 2.51 bits per heavy atom. The van der Waals surface area contributed by atoms with E-state index in [1.165, 1.54) is 0 Å². The minimum atomic E-state index is -0.290. The summed E-state index contributed by atoms with van der Waals surface area (Å²) in [5, 5.41) is 4.45. The number of amides is 2. The fraction of sp³-hybridized carbons (Fsp3) is 0.462. The summed E-state index contributed by atoms with van der Waals surface area (Å²) < 4.78 is 1.92. The number of rotatable bonds is 10. The number of thiazole rings is 1. The minimum absolute atomic E-state index is 0.126. The van der Waals surface area contributed by atoms with E-state index < -0.39 is 0 Å². The summed E-state index contributed by atoms with van der Waals surface area (Å²) in [6, 6.07) is 11.8. The number of likely N-dealkylation sites (N-methyl/N-ethyl adjacent to an activating group) is 1. The molecule has 3 aliphatic rings. The number of carbonyl (C=O) groups is 3. The van der Waals surface area contributed by atoms with E-state index in [9.17, 15) is 14.4 Å². The van der Waals surface area contributed by atoms with E-state index in [4.69, 9.17) is 21.6 Å². The number of carbonyl (C=O) groups excluding carboxylic acids is 3. The van der Waals surface area contributed by atoms with Crippen molar-refractivity contribution in [3.63, 3.8) is 0 Å². The smallest absolute Gasteiger partial charge is 0.291 e. The van der Waals surface area contributed by atoms with Crippen molar-refractivity contribution in [1.82, 2.24) is 29.2 Å². The number of nitrogens with zero attached hydrogens (tertiary/aromatic N) is 6. The van der Waals surface area contributed by atoms with Crippen LogP contribution in [0.3, 0.4) is 0 Å². The molecule has 1 saturated carbocycles. The number of benzene rings is 2. The van der Waals surface area contributed by atoms with Crippen LogP contribution in [0.15, 0.2) is 36.4 Å². The van der Waals surface area contributed by atoms with E-state index in [1.54, 1.807) is 11.3 Å². The number of fused-ring (bicyclic) bond motifs is 2. The first kappa shape index (κ1) is 35.5. The molecule has 0 radical (unpaired) electrons. The first-order chi connectivity index (χ1) is 24.6. The fourth-order valence-corrected chi connectivity index (χ4v) is 9.21. The Kier molecular flexibility index (Phi) is 10.4. The van der Waals surface area contributed by atoms with Gasteiger partial charge in [0.1, 0.15) is 11.3 Å². The minimum Gasteiger partial charge on any atom is -0.330 e. The van der Waals surface area contributed by atoms with Gasteiger partial charge in [0, 0.05) is 60.7 Å². The van der Waals surface area contributed by atoms with Crippen molar-refractivity contribution in [2.75, 3.05) is 38.5 Å². The highest BCUT2D eigenvalue weighted by Crippen LogP contribution is 2.41. The Labute approximate surface area is 308 Å². The molecular formula is C39H46ClN7O3S. The molecular weight excluding hydrogens is 682 g/mol. The maximum absolute atomic E-state index is 13.7. The molecule has 7 rings (SSSR count). The quantitative estimate of drug-likeness (QED) is 0.184. The summed E-state index contributed by atoms with van der Waals surface area (Å²) in [5.74, 6) is 1.05. The lowest BCUT2D eigenvalue weighted by Gasteiger charge is -2.33. The second kappa shape index (κ2) is 15.0. The van der Waals surface area contributed by atoms with Crippen LogP contribution < -0.4 is 5.32 Å². The predicted molar refractivity (Wildman–Crippen MR) is 202 cm³/mol. The lowest BCUT2D eigenvalue weighted by atomic mass is 9.82. The van der Waals surface area contributed by atoms with E-state index in [0.29, 0.717) is 42.1 Å². The second-order valence-electron chi connectivity index (χ2n) is 14.4. The maximum atomic E-state index is 13.7. The van der Waals surface area contributed by atoms with Crippen LogP contribution in [-0.4, -0.2) is 80.6 Å². The molecule has 4 aromatic rings. The van der Waals surface area contributed by atoms with Gasteiger partial charge in [-0.25, -0.2) is 9.97 Å². The van der Waals surface area contributed by atoms with Crippen molar-refractivity contribution < 1.29 is 14.4 Å². The molecule has 2 aromatic heterocycles. The Hall–Kier alpha value is -3.90. The van der Waals surface area contributed by atoms with Crippen LogP contribution in [0.4, 0.5) is 5.69 Å². The number of hydrogen-bond acceptors (Lipinski definition) is 8. The second-order valence-corrected chi connectivity index (χ2v) is 15.8. The zero-order chi connectivity index (χ0) is 35.8. The third-order valence-electron chi connectivity index (χ3n) is 11.0. The summed E-state index contributed by atoms with van der Waals surface area (Å²) in [6.45, 7) is 9.17. The number of anilines is 1. The van der Waals surface area contributed by atoms with Crippen LogP contribution in [0, 0.1) is 18.8 Å². The van der Waals surface area contributed by atoms with E-state index in [0.717, 1.165) is 114 Å². The van der Waals surface area contributed by atoms with E-state index in [-0.39, 0.29) is 17.7 Å². The molecule has 2 amide bonds. The van der Waals surface area contributed by atoms with Gasteiger partial charge in [-0.05, 0) is 69.3 Å². The summed E-state index contributed by atoms with van der Waals surface area (Å²) >= 11 is 8.69. The van der Waals surface area contributed by atoms with Gasteiger partial charge in [-0.2, -0.15) is 0 Å². The molecule has 1 N–H and O–H groups in total. The fourth-order valence-electron chi connectivity index (χ4n) is 7.76. The van der Waals surface area contributed by atoms with Gasteiger partial charge in [0.2, 0.25) is 5.91 Å². The number of imidazole rings is 1. The van der Waals surface area contributed by atoms with Crippen molar-refractivity contribution in [2.24, 2.45) is 18.9 Å². The van der Waals surface area contributed by atoms with Gasteiger partial charge >= 0.3 is 0 Å². The van der Waals surface area contributed by atoms with Crippen molar-refractivity contribution in [1.29, 1.82) is 0 Å². The topological polar surface area (TPSA) is 104 Å². The molecule has 0 unspecified atom stereocenters. The van der Waals surface area contributed by atoms with Crippen LogP contribution in [0.1, 0.15) is 70.7 Å². The lowest BCUT2D eigenvalue weighted by Crippen LogP contribution is -2.36. The van der Waals surface area contributed by atoms with Crippen LogP contribution in [0.5, 0.6) is 0 Å². The molecule has 2 aliphatic heterocycles. The normalized spacial score (nSPS) is 18.9. The zero-order valence-corrected chi connectivity index (χ0v) is 31.4. The summed E-state index contributed by atoms with van der Waals surface area (Å²) in [5.41, 5.74) is 7.43. The van der Waals surface area contributed by atoms with Crippen molar-refractivity contribution in [2.45, 2.75) is 65.6 Å². The van der Waals surface area contributed by atoms with Crippen molar-refractivity contribution >= 4 is 46.7 Å². The molecule has 268 valence electrons. The largest absolute Gasteiger partial charge is 0.330 e. The lowest BCUT2D eigenvalue weighted by molar-refractivity contribution is -0.132. The molecule has 12 heteroatoms. The first-order valence-electron chi connectivity index (χ1n) is 18.0. The molecule has 10 nitrogen and oxygen atoms in total. The standard InChI is InChI=1S/C39H46ClN7O3S/c1-5-44(3)22-35(49)47-20-32-34(21-47)51-39(43-32)28-9-6-8-27(24(28)2)29-10-7-11-30(36(29)40)42-38(50)37-41-31-19-46(17-16-33(31)45(37)4)18-25-12-14-26(23-48)15-13-25/h6-11,23,25-26H,5,12-22H2,1-4H3,(H,42,50). The monoisotopic (exact) mass is 727 g/mol. The average Bonchev–Trinajstić information content (AvgIpc) is 3.81. The number of hydrogen-bond donors (Lipinski definition) is 1. The van der Waals surface area contributed by atoms with Crippen molar-refractivity contribution in [3.8, 4) is 21.7 Å². The Bertz CT molecular complexity index is 1940. The SMILES string of the molecule is CCN(C)CC(=O)N1Cc2nc(-c3cccc(-c4cccc(NC(=O)c5nc6c(n5C)CCN(CC5CCC(C=O)CC5)C6)c4Cl)c3C)sc2C1. The molecule has 0 atom stereocenters. The Morgan fingerprint density at radius 1 is 1.02 bits per heavy atom. The van der Waals surface area contributed by atoms with Gasteiger partial charge in [0.05, 0.1) is 41.7 Å². The van der Waals surface area contributed by atoms with Gasteiger partial charge in [0.15, 0.2) is 5.82 Å². The van der Waals surface area contributed by atoms with Gasteiger partial charge in [-0.3, -0.25) is 19.4 Å². The number of nitrogens with one attached hydrogen (secondary N) is 1. The van der Waals surface area contributed by atoms with Crippen LogP contribution >= 0.6 is 22.9 Å². The molecule has 1 fully saturated rings. The van der Waals surface area contributed by atoms with Crippen LogP contribution in [0.2, 0.25) is 5.02 Å². The molecule has 0 spiro atoms. The average molecular weight is 728 g/mol. The molecule has 0 saturated heterocycles. The van der Waals surface area contributed by atoms with Gasteiger partial charge in [0.25, 0.3) is 5.91 Å².